The van der Waals surface area contributed by atoms with Gasteiger partial charge < -0.3 is 9.84 Å². The van der Waals surface area contributed by atoms with Crippen molar-refractivity contribution in [2.24, 2.45) is 11.8 Å². The second-order valence-electron chi connectivity index (χ2n) is 7.26. The third-order valence-electron chi connectivity index (χ3n) is 5.57. The van der Waals surface area contributed by atoms with E-state index in [2.05, 4.69) is 12.2 Å². The van der Waals surface area contributed by atoms with Crippen LogP contribution in [0.25, 0.3) is 0 Å². The Morgan fingerprint density at radius 1 is 1.15 bits per heavy atom. The maximum atomic E-state index is 12.5. The van der Waals surface area contributed by atoms with Crippen LogP contribution in [-0.2, 0) is 20.3 Å². The molecule has 2 aliphatic heterocycles. The largest absolute Gasteiger partial charge is 0.481 e. The summed E-state index contributed by atoms with van der Waals surface area (Å²) in [7, 11) is -0.940. The predicted octanol–water partition coefficient (Wildman–Crippen LogP) is 4.18. The summed E-state index contributed by atoms with van der Waals surface area (Å²) in [6.45, 7) is 0. The number of hydrogen-bond acceptors (Lipinski definition) is 3. The lowest BCUT2D eigenvalue weighted by atomic mass is 9.76. The minimum atomic E-state index is -0.940. The summed E-state index contributed by atoms with van der Waals surface area (Å²) in [6.07, 6.45) is 10.9. The van der Waals surface area contributed by atoms with Crippen molar-refractivity contribution in [2.75, 3.05) is 5.75 Å². The molecule has 0 amide bonds. The second-order valence-corrected chi connectivity index (χ2v) is 8.83. The predicted molar refractivity (Wildman–Crippen MR) is 102 cm³/mol. The molecule has 2 aliphatic rings. The van der Waals surface area contributed by atoms with Gasteiger partial charge in [0.1, 0.15) is 0 Å². The number of fused-ring (bicyclic) bond motifs is 2. The van der Waals surface area contributed by atoms with Crippen molar-refractivity contribution < 1.29 is 18.8 Å². The Bertz CT molecular complexity index is 643. The van der Waals surface area contributed by atoms with Crippen molar-refractivity contribution in [3.63, 3.8) is 0 Å². The molecule has 0 spiro atoms. The first-order valence-electron chi connectivity index (χ1n) is 9.61. The minimum absolute atomic E-state index is 0.232. The highest BCUT2D eigenvalue weighted by atomic mass is 32.2. The van der Waals surface area contributed by atoms with Crippen LogP contribution < -0.4 is 0 Å². The lowest BCUT2D eigenvalue weighted by Gasteiger charge is -2.27. The second kappa shape index (κ2) is 9.47. The number of ether oxygens (including phenoxy) is 1. The Balaban J connectivity index is 1.48. The number of benzene rings is 1. The van der Waals surface area contributed by atoms with Crippen LogP contribution >= 0.6 is 0 Å². The molecule has 1 unspecified atom stereocenters. The van der Waals surface area contributed by atoms with E-state index in [1.807, 2.05) is 30.3 Å². The van der Waals surface area contributed by atoms with E-state index < -0.39 is 16.8 Å². The highest BCUT2D eigenvalue weighted by Crippen LogP contribution is 2.46. The zero-order valence-corrected chi connectivity index (χ0v) is 15.9. The summed E-state index contributed by atoms with van der Waals surface area (Å²) in [5.74, 6) is 0.966. The van der Waals surface area contributed by atoms with E-state index in [1.54, 1.807) is 0 Å². The van der Waals surface area contributed by atoms with Gasteiger partial charge in [-0.15, -0.1) is 0 Å². The van der Waals surface area contributed by atoms with Crippen molar-refractivity contribution in [1.29, 1.82) is 0 Å². The smallest absolute Gasteiger partial charge is 0.303 e. The van der Waals surface area contributed by atoms with E-state index in [1.165, 1.54) is 0 Å². The molecule has 2 saturated heterocycles. The molecule has 0 aliphatic carbocycles. The van der Waals surface area contributed by atoms with Crippen LogP contribution in [-0.4, -0.2) is 33.2 Å². The Hall–Kier alpha value is -1.46. The van der Waals surface area contributed by atoms with Crippen molar-refractivity contribution in [3.8, 4) is 0 Å². The van der Waals surface area contributed by atoms with Crippen LogP contribution in [0.2, 0.25) is 0 Å². The Labute approximate surface area is 158 Å². The van der Waals surface area contributed by atoms with E-state index in [-0.39, 0.29) is 6.42 Å². The van der Waals surface area contributed by atoms with Crippen LogP contribution in [0.15, 0.2) is 47.4 Å². The van der Waals surface area contributed by atoms with Crippen molar-refractivity contribution in [2.45, 2.75) is 62.0 Å². The third-order valence-corrected chi connectivity index (χ3v) is 6.97. The number of unbranched alkanes of at least 4 members (excludes halogenated alkanes) is 1. The molecule has 1 aromatic carbocycles. The molecular formula is C21H28O4S. The Morgan fingerprint density at radius 2 is 1.88 bits per heavy atom. The van der Waals surface area contributed by atoms with Crippen LogP contribution in [0, 0.1) is 11.8 Å². The van der Waals surface area contributed by atoms with Gasteiger partial charge in [-0.2, -0.15) is 0 Å². The summed E-state index contributed by atoms with van der Waals surface area (Å²) < 4.78 is 18.6. The van der Waals surface area contributed by atoms with Crippen LogP contribution in [0.3, 0.4) is 0 Å². The number of aliphatic carboxylic acids is 1. The van der Waals surface area contributed by atoms with Crippen molar-refractivity contribution >= 4 is 16.8 Å². The molecule has 3 rings (SSSR count). The fourth-order valence-electron chi connectivity index (χ4n) is 4.27. The Morgan fingerprint density at radius 3 is 2.62 bits per heavy atom. The molecule has 2 bridgehead atoms. The van der Waals surface area contributed by atoms with Crippen molar-refractivity contribution in [1.82, 2.24) is 0 Å². The molecule has 5 atom stereocenters. The number of carbonyl (C=O) groups is 1. The standard InChI is InChI=1S/C21H28O4S/c22-21(23)11-7-2-1-6-10-17-18(20-13-12-19(17)25-20)14-15-26(24)16-8-4-3-5-9-16/h1,3-6,8-9,17-20H,2,7,10-15H2,(H,22,23)/b6-1-/t17-,18-,19-,20+,26?/m1/s1. The fourth-order valence-corrected chi connectivity index (χ4v) is 5.46. The van der Waals surface area contributed by atoms with Crippen LogP contribution in [0.4, 0.5) is 0 Å². The van der Waals surface area contributed by atoms with Crippen LogP contribution in [0.1, 0.15) is 44.9 Å². The monoisotopic (exact) mass is 376 g/mol. The number of carboxylic acid groups (broad SMARTS) is 1. The lowest BCUT2D eigenvalue weighted by molar-refractivity contribution is -0.137. The SMILES string of the molecule is O=C(O)CCC/C=C\C[C@@H]1[C@@H](CCS(=O)c2ccccc2)[C@@H]2CC[C@H]1O2. The molecule has 4 nitrogen and oxygen atoms in total. The summed E-state index contributed by atoms with van der Waals surface area (Å²) in [4.78, 5) is 11.4. The first-order valence-corrected chi connectivity index (χ1v) is 10.9. The number of carboxylic acids is 1. The van der Waals surface area contributed by atoms with Gasteiger partial charge in [-0.3, -0.25) is 9.00 Å². The van der Waals surface area contributed by atoms with E-state index >= 15 is 0 Å². The molecule has 0 radical (unpaired) electrons. The van der Waals surface area contributed by atoms with Gasteiger partial charge in [0, 0.05) is 17.1 Å². The zero-order valence-electron chi connectivity index (χ0n) is 15.1. The third kappa shape index (κ3) is 5.04. The maximum Gasteiger partial charge on any atom is 0.303 e. The van der Waals surface area contributed by atoms with Gasteiger partial charge in [-0.25, -0.2) is 0 Å². The molecule has 142 valence electrons. The van der Waals surface area contributed by atoms with Gasteiger partial charge in [0.05, 0.1) is 23.0 Å². The maximum absolute atomic E-state index is 12.5. The Kier molecular flexibility index (Phi) is 7.03. The average molecular weight is 377 g/mol. The van der Waals surface area contributed by atoms with Crippen molar-refractivity contribution in [3.05, 3.63) is 42.5 Å². The molecule has 2 heterocycles. The molecule has 5 heteroatoms. The molecular weight excluding hydrogens is 348 g/mol. The van der Waals surface area contributed by atoms with E-state index in [0.717, 1.165) is 37.0 Å². The summed E-state index contributed by atoms with van der Waals surface area (Å²) >= 11 is 0. The first-order chi connectivity index (χ1) is 12.6. The quantitative estimate of drug-likeness (QED) is 0.491. The molecule has 26 heavy (non-hydrogen) atoms. The minimum Gasteiger partial charge on any atom is -0.481 e. The summed E-state index contributed by atoms with van der Waals surface area (Å²) in [5.41, 5.74) is 0. The lowest BCUT2D eigenvalue weighted by Crippen LogP contribution is -2.28. The van der Waals surface area contributed by atoms with Crippen LogP contribution in [0.5, 0.6) is 0 Å². The van der Waals surface area contributed by atoms with Gasteiger partial charge in [0.15, 0.2) is 0 Å². The summed E-state index contributed by atoms with van der Waals surface area (Å²) in [5, 5.41) is 8.67. The number of hydrogen-bond donors (Lipinski definition) is 1. The molecule has 1 aromatic rings. The molecule has 0 saturated carbocycles. The summed E-state index contributed by atoms with van der Waals surface area (Å²) in [6, 6.07) is 9.69. The highest BCUT2D eigenvalue weighted by molar-refractivity contribution is 7.85. The highest BCUT2D eigenvalue weighted by Gasteiger charge is 2.47. The van der Waals surface area contributed by atoms with E-state index in [9.17, 15) is 9.00 Å². The fraction of sp³-hybridized carbons (Fsp3) is 0.571. The molecule has 0 aromatic heterocycles. The van der Waals surface area contributed by atoms with E-state index in [0.29, 0.717) is 36.2 Å². The number of allylic oxidation sites excluding steroid dienone is 2. The molecule has 2 fully saturated rings. The number of rotatable bonds is 10. The van der Waals surface area contributed by atoms with Gasteiger partial charge in [-0.1, -0.05) is 30.4 Å². The van der Waals surface area contributed by atoms with Gasteiger partial charge >= 0.3 is 5.97 Å². The molecule has 1 N–H and O–H groups in total. The van der Waals surface area contributed by atoms with E-state index in [4.69, 9.17) is 9.84 Å². The van der Waals surface area contributed by atoms with Gasteiger partial charge in [0.2, 0.25) is 0 Å². The van der Waals surface area contributed by atoms with Gasteiger partial charge in [0.25, 0.3) is 0 Å². The average Bonchev–Trinajstić information content (AvgIpc) is 3.24. The zero-order chi connectivity index (χ0) is 18.4. The normalized spacial score (nSPS) is 28.6. The first kappa shape index (κ1) is 19.3. The van der Waals surface area contributed by atoms with Gasteiger partial charge in [-0.05, 0) is 62.5 Å². The topological polar surface area (TPSA) is 63.6 Å².